The van der Waals surface area contributed by atoms with E-state index in [1.54, 1.807) is 0 Å². The zero-order valence-corrected chi connectivity index (χ0v) is 9.15. The molecule has 0 saturated heterocycles. The van der Waals surface area contributed by atoms with Crippen LogP contribution in [0.2, 0.25) is 0 Å². The fraction of sp³-hybridized carbons (Fsp3) is 0.273. The van der Waals surface area contributed by atoms with Gasteiger partial charge in [-0.1, -0.05) is 0 Å². The highest BCUT2D eigenvalue weighted by Crippen LogP contribution is 2.27. The number of nitrogens with two attached hydrogens (primary N) is 1. The average molecular weight is 239 g/mol. The number of hydrogen-bond donors (Lipinski definition) is 1. The van der Waals surface area contributed by atoms with Crippen LogP contribution < -0.4 is 5.73 Å². The quantitative estimate of drug-likeness (QED) is 0.800. The minimum atomic E-state index is -0.755. The second-order valence-corrected chi connectivity index (χ2v) is 3.83. The van der Waals surface area contributed by atoms with Crippen LogP contribution in [0.4, 0.5) is 8.78 Å². The molecule has 2 rings (SSSR count). The van der Waals surface area contributed by atoms with Crippen LogP contribution in [0, 0.1) is 11.6 Å². The number of guanidine groups is 1. The molecule has 1 atom stereocenters. The molecule has 0 saturated carbocycles. The van der Waals surface area contributed by atoms with E-state index in [0.717, 1.165) is 18.2 Å². The maximum atomic E-state index is 13.5. The Morgan fingerprint density at radius 2 is 2.18 bits per heavy atom. The largest absolute Gasteiger partial charge is 0.369 e. The number of hydrogen-bond acceptors (Lipinski definition) is 3. The second-order valence-electron chi connectivity index (χ2n) is 3.83. The summed E-state index contributed by atoms with van der Waals surface area (Å²) in [5.41, 5.74) is 5.57. The van der Waals surface area contributed by atoms with Crippen molar-refractivity contribution in [3.05, 3.63) is 35.4 Å². The van der Waals surface area contributed by atoms with Crippen LogP contribution in [0.3, 0.4) is 0 Å². The van der Waals surface area contributed by atoms with E-state index < -0.39 is 17.7 Å². The summed E-state index contributed by atoms with van der Waals surface area (Å²) in [4.78, 5) is 16.7. The Bertz CT molecular complexity index is 501. The number of carbonyl (C=O) groups excluding carboxylic acids is 1. The van der Waals surface area contributed by atoms with E-state index in [0.29, 0.717) is 0 Å². The molecule has 0 fully saturated rings. The minimum absolute atomic E-state index is 0.00918. The highest BCUT2D eigenvalue weighted by atomic mass is 19.1. The molecule has 6 heteroatoms. The summed E-state index contributed by atoms with van der Waals surface area (Å²) in [5, 5.41) is 0. The van der Waals surface area contributed by atoms with Crippen molar-refractivity contribution < 1.29 is 13.6 Å². The van der Waals surface area contributed by atoms with Gasteiger partial charge in [-0.15, -0.1) is 0 Å². The van der Waals surface area contributed by atoms with Gasteiger partial charge in [-0.2, -0.15) is 0 Å². The molecule has 0 aliphatic carbocycles. The Balaban J connectivity index is 2.41. The number of aliphatic imine (C=N–C) groups is 1. The maximum Gasteiger partial charge on any atom is 0.231 e. The van der Waals surface area contributed by atoms with Gasteiger partial charge in [0.25, 0.3) is 0 Å². The number of benzene rings is 1. The van der Waals surface area contributed by atoms with Crippen LogP contribution in [0.5, 0.6) is 0 Å². The van der Waals surface area contributed by atoms with Gasteiger partial charge in [-0.05, 0) is 18.2 Å². The van der Waals surface area contributed by atoms with E-state index in [1.807, 2.05) is 0 Å². The van der Waals surface area contributed by atoms with Gasteiger partial charge in [0, 0.05) is 12.6 Å². The molecule has 1 aliphatic rings. The van der Waals surface area contributed by atoms with Crippen molar-refractivity contribution in [2.75, 3.05) is 7.05 Å². The first-order chi connectivity index (χ1) is 7.99. The van der Waals surface area contributed by atoms with Crippen LogP contribution in [-0.4, -0.2) is 23.8 Å². The monoisotopic (exact) mass is 239 g/mol. The first-order valence-corrected chi connectivity index (χ1v) is 5.04. The van der Waals surface area contributed by atoms with Crippen molar-refractivity contribution in [1.82, 2.24) is 4.90 Å². The molecule has 0 aromatic heterocycles. The lowest BCUT2D eigenvalue weighted by Crippen LogP contribution is -2.42. The fourth-order valence-electron chi connectivity index (χ4n) is 1.67. The Morgan fingerprint density at radius 3 is 2.82 bits per heavy atom. The molecule has 1 amide bonds. The normalized spacial score (nSPS) is 20.4. The highest BCUT2D eigenvalue weighted by Gasteiger charge is 2.27. The van der Waals surface area contributed by atoms with Gasteiger partial charge in [0.2, 0.25) is 5.91 Å². The molecule has 1 aliphatic heterocycles. The van der Waals surface area contributed by atoms with Crippen molar-refractivity contribution in [2.24, 2.45) is 10.7 Å². The zero-order chi connectivity index (χ0) is 12.6. The summed E-state index contributed by atoms with van der Waals surface area (Å²) >= 11 is 0. The first kappa shape index (κ1) is 11.5. The van der Waals surface area contributed by atoms with E-state index in [1.165, 1.54) is 11.9 Å². The molecule has 0 radical (unpaired) electrons. The van der Waals surface area contributed by atoms with E-state index in [4.69, 9.17) is 5.73 Å². The van der Waals surface area contributed by atoms with Crippen molar-refractivity contribution in [1.29, 1.82) is 0 Å². The third kappa shape index (κ3) is 2.11. The molecular formula is C11H11F2N3O. The van der Waals surface area contributed by atoms with Crippen molar-refractivity contribution in [3.63, 3.8) is 0 Å². The SMILES string of the molecule is CN1C(=O)CC(c2cc(F)ccc2F)N=C1N. The minimum Gasteiger partial charge on any atom is -0.369 e. The molecule has 2 N–H and O–H groups in total. The van der Waals surface area contributed by atoms with Crippen molar-refractivity contribution in [3.8, 4) is 0 Å². The predicted molar refractivity (Wildman–Crippen MR) is 58.1 cm³/mol. The van der Waals surface area contributed by atoms with Crippen LogP contribution >= 0.6 is 0 Å². The Hall–Kier alpha value is -1.98. The van der Waals surface area contributed by atoms with E-state index in [2.05, 4.69) is 4.99 Å². The first-order valence-electron chi connectivity index (χ1n) is 5.04. The standard InChI is InChI=1S/C11H11F2N3O/c1-16-10(17)5-9(15-11(16)14)7-4-6(12)2-3-8(7)13/h2-4,9H,5H2,1H3,(H2,14,15). The van der Waals surface area contributed by atoms with Crippen LogP contribution in [0.15, 0.2) is 23.2 Å². The fourth-order valence-corrected chi connectivity index (χ4v) is 1.67. The van der Waals surface area contributed by atoms with Gasteiger partial charge >= 0.3 is 0 Å². The van der Waals surface area contributed by atoms with Gasteiger partial charge in [-0.25, -0.2) is 13.8 Å². The van der Waals surface area contributed by atoms with Crippen LogP contribution in [0.1, 0.15) is 18.0 Å². The lowest BCUT2D eigenvalue weighted by atomic mass is 10.0. The summed E-state index contributed by atoms with van der Waals surface area (Å²) in [5.74, 6) is -1.42. The smallest absolute Gasteiger partial charge is 0.231 e. The molecule has 0 spiro atoms. The Labute approximate surface area is 96.7 Å². The number of nitrogens with zero attached hydrogens (tertiary/aromatic N) is 2. The predicted octanol–water partition coefficient (Wildman–Crippen LogP) is 1.18. The topological polar surface area (TPSA) is 58.7 Å². The number of amides is 1. The van der Waals surface area contributed by atoms with Crippen LogP contribution in [0.25, 0.3) is 0 Å². The maximum absolute atomic E-state index is 13.5. The summed E-state index contributed by atoms with van der Waals surface area (Å²) in [6.45, 7) is 0. The number of rotatable bonds is 1. The zero-order valence-electron chi connectivity index (χ0n) is 9.15. The molecule has 0 bridgehead atoms. The molecule has 1 heterocycles. The van der Waals surface area contributed by atoms with E-state index >= 15 is 0 Å². The third-order valence-electron chi connectivity index (χ3n) is 2.69. The lowest BCUT2D eigenvalue weighted by Gasteiger charge is -2.25. The second kappa shape index (κ2) is 4.12. The molecule has 1 aromatic rings. The van der Waals surface area contributed by atoms with Crippen LogP contribution in [-0.2, 0) is 4.79 Å². The van der Waals surface area contributed by atoms with Gasteiger partial charge in [0.05, 0.1) is 12.5 Å². The Kier molecular flexibility index (Phi) is 2.79. The summed E-state index contributed by atoms with van der Waals surface area (Å²) in [6.07, 6.45) is -0.0163. The molecular weight excluding hydrogens is 228 g/mol. The molecule has 1 aromatic carbocycles. The van der Waals surface area contributed by atoms with Gasteiger partial charge in [0.15, 0.2) is 5.96 Å². The number of carbonyl (C=O) groups is 1. The van der Waals surface area contributed by atoms with Gasteiger partial charge < -0.3 is 5.73 Å². The number of halogens is 2. The van der Waals surface area contributed by atoms with E-state index in [9.17, 15) is 13.6 Å². The highest BCUT2D eigenvalue weighted by molar-refractivity contribution is 5.98. The molecule has 90 valence electrons. The molecule has 4 nitrogen and oxygen atoms in total. The average Bonchev–Trinajstić information content (AvgIpc) is 2.28. The van der Waals surface area contributed by atoms with Gasteiger partial charge in [-0.3, -0.25) is 9.69 Å². The molecule has 1 unspecified atom stereocenters. The summed E-state index contributed by atoms with van der Waals surface area (Å²) in [7, 11) is 1.49. The lowest BCUT2D eigenvalue weighted by molar-refractivity contribution is -0.127. The Morgan fingerprint density at radius 1 is 1.47 bits per heavy atom. The van der Waals surface area contributed by atoms with Crippen molar-refractivity contribution in [2.45, 2.75) is 12.5 Å². The summed E-state index contributed by atoms with van der Waals surface area (Å²) in [6, 6.07) is 2.31. The van der Waals surface area contributed by atoms with Gasteiger partial charge in [0.1, 0.15) is 11.6 Å². The third-order valence-corrected chi connectivity index (χ3v) is 2.69. The summed E-state index contributed by atoms with van der Waals surface area (Å²) < 4.78 is 26.5. The van der Waals surface area contributed by atoms with Crippen molar-refractivity contribution >= 4 is 11.9 Å². The van der Waals surface area contributed by atoms with E-state index in [-0.39, 0.29) is 23.9 Å². The molecule has 17 heavy (non-hydrogen) atoms.